The van der Waals surface area contributed by atoms with Crippen LogP contribution in [0.3, 0.4) is 0 Å². The standard InChI is InChI=1S/C11H8FN3O3S2/c12-10-6-9(4-3-8(10)2-1-5-16)20(17,18)14-11-7-13-15-19-11/h3-4,6-7,14,16H,5H2. The Bertz CT molecular complexity index is 764. The normalized spacial score (nSPS) is 10.7. The molecule has 1 aromatic heterocycles. The smallest absolute Gasteiger partial charge is 0.262 e. The van der Waals surface area contributed by atoms with E-state index in [0.29, 0.717) is 0 Å². The van der Waals surface area contributed by atoms with E-state index in [4.69, 9.17) is 5.11 Å². The number of rotatable bonds is 3. The first-order valence-corrected chi connectivity index (χ1v) is 7.48. The number of nitrogens with zero attached hydrogens (tertiary/aromatic N) is 2. The predicted octanol–water partition coefficient (Wildman–Crippen LogP) is 0.822. The molecule has 0 atom stereocenters. The minimum atomic E-state index is -3.90. The van der Waals surface area contributed by atoms with E-state index >= 15 is 0 Å². The van der Waals surface area contributed by atoms with Crippen LogP contribution in [0.15, 0.2) is 29.3 Å². The molecular weight excluding hydrogens is 305 g/mol. The molecule has 0 saturated heterocycles. The monoisotopic (exact) mass is 313 g/mol. The molecule has 20 heavy (non-hydrogen) atoms. The zero-order chi connectivity index (χ0) is 14.6. The highest BCUT2D eigenvalue weighted by atomic mass is 32.2. The third-order valence-electron chi connectivity index (χ3n) is 2.15. The maximum atomic E-state index is 13.7. The van der Waals surface area contributed by atoms with Gasteiger partial charge in [0.15, 0.2) is 0 Å². The van der Waals surface area contributed by atoms with Gasteiger partial charge in [0.1, 0.15) is 17.4 Å². The highest BCUT2D eigenvalue weighted by molar-refractivity contribution is 7.93. The first-order chi connectivity index (χ1) is 9.53. The Hall–Kier alpha value is -2.02. The number of aromatic nitrogens is 2. The Labute approximate surface area is 118 Å². The van der Waals surface area contributed by atoms with Crippen LogP contribution in [0.4, 0.5) is 9.39 Å². The predicted molar refractivity (Wildman–Crippen MR) is 71.1 cm³/mol. The quantitative estimate of drug-likeness (QED) is 0.819. The number of anilines is 1. The number of hydrogen-bond acceptors (Lipinski definition) is 6. The average molecular weight is 313 g/mol. The molecule has 9 heteroatoms. The highest BCUT2D eigenvalue weighted by Crippen LogP contribution is 2.19. The van der Waals surface area contributed by atoms with E-state index in [9.17, 15) is 12.8 Å². The van der Waals surface area contributed by atoms with Crippen molar-refractivity contribution in [3.63, 3.8) is 0 Å². The number of benzene rings is 1. The number of halogens is 1. The second-order valence-corrected chi connectivity index (χ2v) is 5.96. The molecule has 1 heterocycles. The van der Waals surface area contributed by atoms with Crippen molar-refractivity contribution in [3.8, 4) is 11.8 Å². The molecule has 2 aromatic rings. The second-order valence-electron chi connectivity index (χ2n) is 3.49. The van der Waals surface area contributed by atoms with Crippen LogP contribution in [-0.4, -0.2) is 29.7 Å². The van der Waals surface area contributed by atoms with E-state index in [0.717, 1.165) is 17.6 Å². The lowest BCUT2D eigenvalue weighted by atomic mass is 10.2. The molecule has 0 bridgehead atoms. The van der Waals surface area contributed by atoms with Gasteiger partial charge in [-0.3, -0.25) is 4.72 Å². The molecule has 2 N–H and O–H groups in total. The summed E-state index contributed by atoms with van der Waals surface area (Å²) in [4.78, 5) is -0.238. The third-order valence-corrected chi connectivity index (χ3v) is 4.22. The molecular formula is C11H8FN3O3S2. The maximum Gasteiger partial charge on any atom is 0.262 e. The molecule has 1 aromatic carbocycles. The number of sulfonamides is 1. The molecule has 0 amide bonds. The van der Waals surface area contributed by atoms with Crippen LogP contribution in [0.2, 0.25) is 0 Å². The van der Waals surface area contributed by atoms with E-state index in [-0.39, 0.29) is 15.5 Å². The minimum absolute atomic E-state index is 0.0115. The molecule has 2 rings (SSSR count). The molecule has 0 radical (unpaired) electrons. The summed E-state index contributed by atoms with van der Waals surface area (Å²) in [7, 11) is -3.90. The van der Waals surface area contributed by atoms with E-state index in [1.807, 2.05) is 0 Å². The molecule has 0 spiro atoms. The molecule has 0 aliphatic heterocycles. The summed E-state index contributed by atoms with van der Waals surface area (Å²) >= 11 is 0.868. The van der Waals surface area contributed by atoms with Gasteiger partial charge in [0.2, 0.25) is 0 Å². The topological polar surface area (TPSA) is 92.2 Å². The van der Waals surface area contributed by atoms with Gasteiger partial charge in [0.25, 0.3) is 10.0 Å². The van der Waals surface area contributed by atoms with Crippen molar-refractivity contribution in [1.82, 2.24) is 9.59 Å². The van der Waals surface area contributed by atoms with E-state index in [1.165, 1.54) is 18.3 Å². The number of nitrogens with one attached hydrogen (secondary N) is 1. The fourth-order valence-electron chi connectivity index (χ4n) is 1.30. The summed E-state index contributed by atoms with van der Waals surface area (Å²) in [5.74, 6) is 3.88. The van der Waals surface area contributed by atoms with Crippen LogP contribution >= 0.6 is 11.5 Å². The molecule has 0 aliphatic rings. The first kappa shape index (κ1) is 14.4. The van der Waals surface area contributed by atoms with Crippen LogP contribution < -0.4 is 4.72 Å². The van der Waals surface area contributed by atoms with Crippen LogP contribution in [0.25, 0.3) is 0 Å². The van der Waals surface area contributed by atoms with Crippen molar-refractivity contribution in [1.29, 1.82) is 0 Å². The lowest BCUT2D eigenvalue weighted by Gasteiger charge is -2.05. The van der Waals surface area contributed by atoms with E-state index in [1.54, 1.807) is 0 Å². The number of aliphatic hydroxyl groups excluding tert-OH is 1. The summed E-state index contributed by atoms with van der Waals surface area (Å²) in [5.41, 5.74) is 0.0115. The van der Waals surface area contributed by atoms with Gasteiger partial charge >= 0.3 is 0 Å². The lowest BCUT2D eigenvalue weighted by molar-refractivity contribution is 0.350. The Balaban J connectivity index is 2.31. The van der Waals surface area contributed by atoms with Gasteiger partial charge in [0.05, 0.1) is 16.7 Å². The molecule has 0 unspecified atom stereocenters. The average Bonchev–Trinajstić information content (AvgIpc) is 2.89. The van der Waals surface area contributed by atoms with Gasteiger partial charge in [-0.2, -0.15) is 0 Å². The first-order valence-electron chi connectivity index (χ1n) is 5.22. The molecule has 104 valence electrons. The van der Waals surface area contributed by atoms with Crippen molar-refractivity contribution in [2.75, 3.05) is 11.3 Å². The summed E-state index contributed by atoms with van der Waals surface area (Å²) in [5, 5.41) is 12.3. The van der Waals surface area contributed by atoms with Crippen LogP contribution in [0.5, 0.6) is 0 Å². The van der Waals surface area contributed by atoms with Gasteiger partial charge < -0.3 is 5.11 Å². The van der Waals surface area contributed by atoms with Gasteiger partial charge in [-0.15, -0.1) is 5.10 Å². The van der Waals surface area contributed by atoms with Crippen LogP contribution in [-0.2, 0) is 10.0 Å². The second kappa shape index (κ2) is 5.96. The Morgan fingerprint density at radius 1 is 1.45 bits per heavy atom. The Morgan fingerprint density at radius 3 is 2.85 bits per heavy atom. The number of hydrogen-bond donors (Lipinski definition) is 2. The van der Waals surface area contributed by atoms with Crippen molar-refractivity contribution in [3.05, 3.63) is 35.8 Å². The fourth-order valence-corrected chi connectivity index (χ4v) is 3.00. The zero-order valence-electron chi connectivity index (χ0n) is 9.87. The van der Waals surface area contributed by atoms with Crippen molar-refractivity contribution < 1.29 is 17.9 Å². The third kappa shape index (κ3) is 3.30. The van der Waals surface area contributed by atoms with Gasteiger partial charge in [0, 0.05) is 11.5 Å². The largest absolute Gasteiger partial charge is 0.384 e. The summed E-state index contributed by atoms with van der Waals surface area (Å²) in [6.07, 6.45) is 1.25. The zero-order valence-corrected chi connectivity index (χ0v) is 11.5. The minimum Gasteiger partial charge on any atom is -0.384 e. The van der Waals surface area contributed by atoms with Crippen molar-refractivity contribution in [2.45, 2.75) is 4.90 Å². The fraction of sp³-hybridized carbons (Fsp3) is 0.0909. The summed E-state index contributed by atoms with van der Waals surface area (Å²) in [6, 6.07) is 3.32. The molecule has 0 fully saturated rings. The summed E-state index contributed by atoms with van der Waals surface area (Å²) in [6.45, 7) is -0.403. The van der Waals surface area contributed by atoms with Gasteiger partial charge in [-0.1, -0.05) is 16.3 Å². The Kier molecular flexibility index (Phi) is 4.29. The maximum absolute atomic E-state index is 13.7. The summed E-state index contributed by atoms with van der Waals surface area (Å²) < 4.78 is 43.4. The SMILES string of the molecule is O=S(=O)(Nc1cnns1)c1ccc(C#CCO)c(F)c1. The van der Waals surface area contributed by atoms with E-state index in [2.05, 4.69) is 26.1 Å². The van der Waals surface area contributed by atoms with Crippen molar-refractivity contribution >= 4 is 26.6 Å². The number of aliphatic hydroxyl groups is 1. The highest BCUT2D eigenvalue weighted by Gasteiger charge is 2.17. The van der Waals surface area contributed by atoms with Crippen LogP contribution in [0, 0.1) is 17.7 Å². The molecule has 6 nitrogen and oxygen atoms in total. The molecule has 0 saturated carbocycles. The van der Waals surface area contributed by atoms with Gasteiger partial charge in [-0.05, 0) is 18.2 Å². The van der Waals surface area contributed by atoms with Gasteiger partial charge in [-0.25, -0.2) is 12.8 Å². The van der Waals surface area contributed by atoms with Crippen molar-refractivity contribution in [2.24, 2.45) is 0 Å². The molecule has 0 aliphatic carbocycles. The van der Waals surface area contributed by atoms with E-state index < -0.39 is 22.4 Å². The van der Waals surface area contributed by atoms with Crippen LogP contribution in [0.1, 0.15) is 5.56 Å². The Morgan fingerprint density at radius 2 is 2.25 bits per heavy atom. The lowest BCUT2D eigenvalue weighted by Crippen LogP contribution is -2.12.